The summed E-state index contributed by atoms with van der Waals surface area (Å²) in [7, 11) is 0. The topological polar surface area (TPSA) is 59.3 Å². The second-order valence-corrected chi connectivity index (χ2v) is 5.86. The van der Waals surface area contributed by atoms with Crippen molar-refractivity contribution in [3.8, 4) is 0 Å². The van der Waals surface area contributed by atoms with Gasteiger partial charge in [-0.05, 0) is 30.2 Å². The van der Waals surface area contributed by atoms with Crippen molar-refractivity contribution in [2.75, 3.05) is 0 Å². The minimum absolute atomic E-state index is 0.200. The minimum Gasteiger partial charge on any atom is -0.464 e. The molecule has 0 radical (unpaired) electrons. The molecule has 22 heavy (non-hydrogen) atoms. The molecule has 0 unspecified atom stereocenters. The molecule has 1 saturated heterocycles. The van der Waals surface area contributed by atoms with Crippen LogP contribution in [0.25, 0.3) is 21.7 Å². The number of aryl methyl sites for hydroxylation is 1. The highest BCUT2D eigenvalue weighted by atomic mass is 16.3. The lowest BCUT2D eigenvalue weighted by molar-refractivity contribution is -0.134. The molecule has 4 rings (SSSR count). The van der Waals surface area contributed by atoms with E-state index < -0.39 is 0 Å². The van der Waals surface area contributed by atoms with E-state index in [0.29, 0.717) is 12.8 Å². The van der Waals surface area contributed by atoms with Crippen molar-refractivity contribution in [1.82, 2.24) is 5.32 Å². The van der Waals surface area contributed by atoms with Crippen LogP contribution in [0.15, 0.2) is 41.0 Å². The molecular weight excluding hydrogens is 278 g/mol. The number of imide groups is 1. The molecule has 4 nitrogen and oxygen atoms in total. The van der Waals surface area contributed by atoms with Crippen LogP contribution in [0.2, 0.25) is 0 Å². The maximum Gasteiger partial charge on any atom is 0.234 e. The molecule has 110 valence electrons. The van der Waals surface area contributed by atoms with Gasteiger partial charge in [0.15, 0.2) is 0 Å². The van der Waals surface area contributed by atoms with Gasteiger partial charge in [0.05, 0.1) is 12.2 Å². The van der Waals surface area contributed by atoms with E-state index in [1.54, 1.807) is 6.26 Å². The van der Waals surface area contributed by atoms with Crippen LogP contribution in [-0.2, 0) is 9.59 Å². The van der Waals surface area contributed by atoms with Crippen LogP contribution in [0.3, 0.4) is 0 Å². The minimum atomic E-state index is -0.328. The second kappa shape index (κ2) is 4.70. The molecule has 0 bridgehead atoms. The number of benzene rings is 2. The van der Waals surface area contributed by atoms with E-state index in [4.69, 9.17) is 4.42 Å². The Labute approximate surface area is 127 Å². The zero-order chi connectivity index (χ0) is 15.3. The van der Waals surface area contributed by atoms with E-state index in [0.717, 1.165) is 27.3 Å². The number of carbonyl (C=O) groups is 2. The first-order valence-corrected chi connectivity index (χ1v) is 7.37. The standard InChI is InChI=1S/C18H15NO3/c1-10-2-4-12-11(8-10)3-6-15-17(12)14(9-22-15)13-5-7-16(20)19-18(13)21/h2-4,6,8-9,13H,5,7H2,1H3,(H,19,20,21)/t13-/m0/s1. The van der Waals surface area contributed by atoms with Crippen LogP contribution in [-0.4, -0.2) is 11.8 Å². The maximum atomic E-state index is 12.2. The van der Waals surface area contributed by atoms with Crippen molar-refractivity contribution in [3.63, 3.8) is 0 Å². The number of furan rings is 1. The molecule has 0 aliphatic carbocycles. The summed E-state index contributed by atoms with van der Waals surface area (Å²) in [5.74, 6) is -0.761. The summed E-state index contributed by atoms with van der Waals surface area (Å²) in [4.78, 5) is 23.5. The van der Waals surface area contributed by atoms with Crippen molar-refractivity contribution in [1.29, 1.82) is 0 Å². The fourth-order valence-corrected chi connectivity index (χ4v) is 3.26. The number of carbonyl (C=O) groups excluding carboxylic acids is 2. The quantitative estimate of drug-likeness (QED) is 0.699. The monoisotopic (exact) mass is 293 g/mol. The van der Waals surface area contributed by atoms with Gasteiger partial charge < -0.3 is 4.42 Å². The third-order valence-corrected chi connectivity index (χ3v) is 4.35. The van der Waals surface area contributed by atoms with Gasteiger partial charge in [-0.25, -0.2) is 0 Å². The zero-order valence-corrected chi connectivity index (χ0v) is 12.2. The van der Waals surface area contributed by atoms with Crippen LogP contribution >= 0.6 is 0 Å². The molecule has 1 atom stereocenters. The number of piperidine rings is 1. The van der Waals surface area contributed by atoms with Gasteiger partial charge in [-0.15, -0.1) is 0 Å². The van der Waals surface area contributed by atoms with Gasteiger partial charge in [0.2, 0.25) is 11.8 Å². The number of fused-ring (bicyclic) bond motifs is 3. The van der Waals surface area contributed by atoms with Crippen LogP contribution < -0.4 is 5.32 Å². The molecule has 2 amide bonds. The van der Waals surface area contributed by atoms with Crippen LogP contribution in [0.4, 0.5) is 0 Å². The van der Waals surface area contributed by atoms with Crippen LogP contribution in [0.5, 0.6) is 0 Å². The SMILES string of the molecule is Cc1ccc2c(ccc3occ([C@@H]4CCC(=O)NC4=O)c32)c1. The van der Waals surface area contributed by atoms with Gasteiger partial charge in [-0.2, -0.15) is 0 Å². The molecule has 3 aromatic rings. The van der Waals surface area contributed by atoms with Crippen molar-refractivity contribution in [2.45, 2.75) is 25.7 Å². The fraction of sp³-hybridized carbons (Fsp3) is 0.222. The summed E-state index contributed by atoms with van der Waals surface area (Å²) in [6, 6.07) is 10.2. The average molecular weight is 293 g/mol. The molecule has 0 spiro atoms. The van der Waals surface area contributed by atoms with Gasteiger partial charge in [-0.3, -0.25) is 14.9 Å². The Morgan fingerprint density at radius 1 is 1.18 bits per heavy atom. The smallest absolute Gasteiger partial charge is 0.234 e. The molecular formula is C18H15NO3. The summed E-state index contributed by atoms with van der Waals surface area (Å²) in [6.45, 7) is 2.06. The largest absolute Gasteiger partial charge is 0.464 e. The lowest BCUT2D eigenvalue weighted by Crippen LogP contribution is -2.39. The Morgan fingerprint density at radius 3 is 2.86 bits per heavy atom. The molecule has 1 aliphatic heterocycles. The van der Waals surface area contributed by atoms with E-state index in [-0.39, 0.29) is 17.7 Å². The molecule has 1 aliphatic rings. The molecule has 2 aromatic carbocycles. The second-order valence-electron chi connectivity index (χ2n) is 5.86. The Morgan fingerprint density at radius 2 is 2.05 bits per heavy atom. The molecule has 2 heterocycles. The number of amides is 2. The number of rotatable bonds is 1. The van der Waals surface area contributed by atoms with Gasteiger partial charge in [0.25, 0.3) is 0 Å². The van der Waals surface area contributed by atoms with Crippen molar-refractivity contribution in [3.05, 3.63) is 47.7 Å². The Hall–Kier alpha value is -2.62. The van der Waals surface area contributed by atoms with E-state index >= 15 is 0 Å². The number of hydrogen-bond acceptors (Lipinski definition) is 3. The first-order valence-electron chi connectivity index (χ1n) is 7.37. The summed E-state index contributed by atoms with van der Waals surface area (Å²) in [6.07, 6.45) is 2.55. The summed E-state index contributed by atoms with van der Waals surface area (Å²) < 4.78 is 5.65. The summed E-state index contributed by atoms with van der Waals surface area (Å²) in [5, 5.41) is 5.61. The number of hydrogen-bond donors (Lipinski definition) is 1. The van der Waals surface area contributed by atoms with Crippen LogP contribution in [0.1, 0.15) is 29.9 Å². The Balaban J connectivity index is 1.95. The first-order chi connectivity index (χ1) is 10.6. The number of nitrogens with one attached hydrogen (secondary N) is 1. The lowest BCUT2D eigenvalue weighted by atomic mass is 9.88. The lowest BCUT2D eigenvalue weighted by Gasteiger charge is -2.20. The first kappa shape index (κ1) is 13.1. The highest BCUT2D eigenvalue weighted by Crippen LogP contribution is 2.36. The van der Waals surface area contributed by atoms with E-state index in [1.165, 1.54) is 5.56 Å². The predicted octanol–water partition coefficient (Wildman–Crippen LogP) is 3.41. The third-order valence-electron chi connectivity index (χ3n) is 4.35. The molecule has 1 N–H and O–H groups in total. The molecule has 1 fully saturated rings. The van der Waals surface area contributed by atoms with Gasteiger partial charge >= 0.3 is 0 Å². The van der Waals surface area contributed by atoms with Crippen molar-refractivity contribution < 1.29 is 14.0 Å². The van der Waals surface area contributed by atoms with Gasteiger partial charge in [-0.1, -0.05) is 29.8 Å². The fourth-order valence-electron chi connectivity index (χ4n) is 3.26. The highest BCUT2D eigenvalue weighted by molar-refractivity contribution is 6.10. The maximum absolute atomic E-state index is 12.2. The van der Waals surface area contributed by atoms with Crippen molar-refractivity contribution >= 4 is 33.6 Å². The van der Waals surface area contributed by atoms with Crippen LogP contribution in [0, 0.1) is 6.92 Å². The zero-order valence-electron chi connectivity index (χ0n) is 12.2. The average Bonchev–Trinajstić information content (AvgIpc) is 2.91. The van der Waals surface area contributed by atoms with Gasteiger partial charge in [0.1, 0.15) is 5.58 Å². The van der Waals surface area contributed by atoms with Crippen molar-refractivity contribution in [2.24, 2.45) is 0 Å². The molecule has 4 heteroatoms. The Kier molecular flexibility index (Phi) is 2.79. The van der Waals surface area contributed by atoms with E-state index in [2.05, 4.69) is 30.4 Å². The predicted molar refractivity (Wildman–Crippen MR) is 83.6 cm³/mol. The molecule has 0 saturated carbocycles. The summed E-state index contributed by atoms with van der Waals surface area (Å²) in [5.41, 5.74) is 2.84. The highest BCUT2D eigenvalue weighted by Gasteiger charge is 2.30. The van der Waals surface area contributed by atoms with Gasteiger partial charge in [0, 0.05) is 17.4 Å². The van der Waals surface area contributed by atoms with E-state index in [1.807, 2.05) is 12.1 Å². The summed E-state index contributed by atoms with van der Waals surface area (Å²) >= 11 is 0. The van der Waals surface area contributed by atoms with E-state index in [9.17, 15) is 9.59 Å². The normalized spacial score (nSPS) is 18.9. The molecule has 1 aromatic heterocycles. The third kappa shape index (κ3) is 1.91. The Bertz CT molecular complexity index is 923.